The second-order valence-corrected chi connectivity index (χ2v) is 3.74. The number of hydrogen-bond donors (Lipinski definition) is 0. The summed E-state index contributed by atoms with van der Waals surface area (Å²) < 4.78 is 0. The molecule has 0 aliphatic carbocycles. The van der Waals surface area contributed by atoms with Crippen molar-refractivity contribution in [2.24, 2.45) is 0 Å². The number of thioether (sulfide) groups is 1. The molecular formula is C9H8NO4S-. The van der Waals surface area contributed by atoms with Gasteiger partial charge in [-0.25, -0.2) is 0 Å². The summed E-state index contributed by atoms with van der Waals surface area (Å²) in [6.45, 7) is 0. The zero-order valence-corrected chi connectivity index (χ0v) is 8.53. The van der Waals surface area contributed by atoms with Crippen LogP contribution in [-0.2, 0) is 10.5 Å². The van der Waals surface area contributed by atoms with E-state index in [1.807, 2.05) is 0 Å². The molecular weight excluding hydrogens is 218 g/mol. The Morgan fingerprint density at radius 3 is 2.67 bits per heavy atom. The zero-order valence-electron chi connectivity index (χ0n) is 7.71. The van der Waals surface area contributed by atoms with Gasteiger partial charge in [0, 0.05) is 23.1 Å². The van der Waals surface area contributed by atoms with Gasteiger partial charge in [0.2, 0.25) is 0 Å². The lowest BCUT2D eigenvalue weighted by Gasteiger charge is -2.03. The minimum atomic E-state index is -1.17. The summed E-state index contributed by atoms with van der Waals surface area (Å²) >= 11 is 1.08. The van der Waals surface area contributed by atoms with E-state index in [1.54, 1.807) is 18.2 Å². The molecule has 1 aromatic carbocycles. The van der Waals surface area contributed by atoms with Crippen LogP contribution in [0.4, 0.5) is 5.69 Å². The Labute approximate surface area is 90.3 Å². The second kappa shape index (κ2) is 5.35. The van der Waals surface area contributed by atoms with Crippen molar-refractivity contribution in [1.29, 1.82) is 0 Å². The lowest BCUT2D eigenvalue weighted by molar-refractivity contribution is -0.385. The Kier molecular flexibility index (Phi) is 4.11. The van der Waals surface area contributed by atoms with Gasteiger partial charge in [-0.15, -0.1) is 0 Å². The number of carboxylic acid groups (broad SMARTS) is 1. The summed E-state index contributed by atoms with van der Waals surface area (Å²) in [5.41, 5.74) is 0.539. The summed E-state index contributed by atoms with van der Waals surface area (Å²) in [5.74, 6) is -1.03. The van der Waals surface area contributed by atoms with Crippen molar-refractivity contribution in [2.75, 3.05) is 5.75 Å². The van der Waals surface area contributed by atoms with Gasteiger partial charge in [-0.3, -0.25) is 10.1 Å². The van der Waals surface area contributed by atoms with Crippen LogP contribution in [0.3, 0.4) is 0 Å². The highest BCUT2D eigenvalue weighted by Gasteiger charge is 2.11. The minimum Gasteiger partial charge on any atom is -0.549 e. The Morgan fingerprint density at radius 2 is 2.07 bits per heavy atom. The van der Waals surface area contributed by atoms with E-state index in [0.717, 1.165) is 11.8 Å². The van der Waals surface area contributed by atoms with Crippen LogP contribution in [0.5, 0.6) is 0 Å². The van der Waals surface area contributed by atoms with Crippen molar-refractivity contribution in [3.63, 3.8) is 0 Å². The molecule has 0 saturated carbocycles. The maximum absolute atomic E-state index is 10.6. The van der Waals surface area contributed by atoms with E-state index in [2.05, 4.69) is 0 Å². The van der Waals surface area contributed by atoms with Gasteiger partial charge in [-0.2, -0.15) is 11.8 Å². The number of nitro benzene ring substituents is 1. The quantitative estimate of drug-likeness (QED) is 0.541. The third kappa shape index (κ3) is 3.59. The lowest BCUT2D eigenvalue weighted by Crippen LogP contribution is -2.24. The van der Waals surface area contributed by atoms with Crippen LogP contribution < -0.4 is 5.11 Å². The van der Waals surface area contributed by atoms with E-state index in [1.165, 1.54) is 6.07 Å². The monoisotopic (exact) mass is 226 g/mol. The van der Waals surface area contributed by atoms with Gasteiger partial charge >= 0.3 is 0 Å². The van der Waals surface area contributed by atoms with Crippen LogP contribution >= 0.6 is 11.8 Å². The molecule has 1 aromatic rings. The number of rotatable bonds is 5. The molecule has 5 nitrogen and oxygen atoms in total. The van der Waals surface area contributed by atoms with Crippen LogP contribution in [0.1, 0.15) is 5.56 Å². The molecule has 6 heteroatoms. The zero-order chi connectivity index (χ0) is 11.3. The van der Waals surface area contributed by atoms with Gasteiger partial charge in [0.15, 0.2) is 0 Å². The molecule has 0 fully saturated rings. The predicted octanol–water partition coefficient (Wildman–Crippen LogP) is 0.578. The molecule has 0 aliphatic heterocycles. The maximum atomic E-state index is 10.6. The van der Waals surface area contributed by atoms with Gasteiger partial charge in [-0.05, 0) is 0 Å². The first-order chi connectivity index (χ1) is 7.11. The van der Waals surface area contributed by atoms with Gasteiger partial charge < -0.3 is 9.90 Å². The Hall–Kier alpha value is -1.56. The standard InChI is InChI=1S/C9H9NO4S/c11-9(12)6-15-5-7-3-1-2-4-8(7)10(13)14/h1-4H,5-6H2,(H,11,12)/p-1. The van der Waals surface area contributed by atoms with Gasteiger partial charge in [-0.1, -0.05) is 18.2 Å². The van der Waals surface area contributed by atoms with Crippen LogP contribution in [0.2, 0.25) is 0 Å². The van der Waals surface area contributed by atoms with Crippen molar-refractivity contribution in [3.05, 3.63) is 39.9 Å². The number of benzene rings is 1. The van der Waals surface area contributed by atoms with Crippen LogP contribution in [0, 0.1) is 10.1 Å². The second-order valence-electron chi connectivity index (χ2n) is 2.75. The maximum Gasteiger partial charge on any atom is 0.273 e. The molecule has 0 heterocycles. The fraction of sp³-hybridized carbons (Fsp3) is 0.222. The molecule has 0 radical (unpaired) electrons. The third-order valence-electron chi connectivity index (χ3n) is 1.67. The van der Waals surface area contributed by atoms with E-state index in [0.29, 0.717) is 11.3 Å². The molecule has 0 bridgehead atoms. The molecule has 0 spiro atoms. The Balaban J connectivity index is 2.67. The van der Waals surface area contributed by atoms with Gasteiger partial charge in [0.25, 0.3) is 5.69 Å². The van der Waals surface area contributed by atoms with Crippen LogP contribution in [0.25, 0.3) is 0 Å². The molecule has 0 amide bonds. The largest absolute Gasteiger partial charge is 0.549 e. The van der Waals surface area contributed by atoms with Crippen LogP contribution in [0.15, 0.2) is 24.3 Å². The highest BCUT2D eigenvalue weighted by Crippen LogP contribution is 2.22. The van der Waals surface area contributed by atoms with Crippen molar-refractivity contribution in [2.45, 2.75) is 5.75 Å². The first kappa shape index (κ1) is 11.5. The van der Waals surface area contributed by atoms with E-state index < -0.39 is 10.9 Å². The molecule has 80 valence electrons. The van der Waals surface area contributed by atoms with Gasteiger partial charge in [0.05, 0.1) is 10.9 Å². The number of hydrogen-bond acceptors (Lipinski definition) is 5. The SMILES string of the molecule is O=C([O-])CSCc1ccccc1[N+](=O)[O-]. The summed E-state index contributed by atoms with van der Waals surface area (Å²) in [4.78, 5) is 20.3. The van der Waals surface area contributed by atoms with E-state index in [4.69, 9.17) is 0 Å². The van der Waals surface area contributed by atoms with Gasteiger partial charge in [0.1, 0.15) is 0 Å². The summed E-state index contributed by atoms with van der Waals surface area (Å²) in [7, 11) is 0. The van der Waals surface area contributed by atoms with E-state index in [9.17, 15) is 20.0 Å². The highest BCUT2D eigenvalue weighted by atomic mass is 32.2. The number of carboxylic acids is 1. The smallest absolute Gasteiger partial charge is 0.273 e. The highest BCUT2D eigenvalue weighted by molar-refractivity contribution is 7.99. The number of nitro groups is 1. The Morgan fingerprint density at radius 1 is 1.40 bits per heavy atom. The number of nitrogens with zero attached hydrogens (tertiary/aromatic N) is 1. The first-order valence-electron chi connectivity index (χ1n) is 4.11. The number of aliphatic carboxylic acids is 1. The number of carbonyl (C=O) groups is 1. The molecule has 0 aliphatic rings. The molecule has 0 aromatic heterocycles. The molecule has 0 atom stereocenters. The summed E-state index contributed by atoms with van der Waals surface area (Å²) in [5, 5.41) is 20.7. The fourth-order valence-electron chi connectivity index (χ4n) is 1.06. The molecule has 1 rings (SSSR count). The normalized spacial score (nSPS) is 9.87. The predicted molar refractivity (Wildman–Crippen MR) is 54.3 cm³/mol. The summed E-state index contributed by atoms with van der Waals surface area (Å²) in [6.07, 6.45) is 0. The topological polar surface area (TPSA) is 83.3 Å². The average Bonchev–Trinajstić information content (AvgIpc) is 2.17. The van der Waals surface area contributed by atoms with E-state index in [-0.39, 0.29) is 11.4 Å². The molecule has 0 unspecified atom stereocenters. The van der Waals surface area contributed by atoms with Crippen molar-refractivity contribution in [1.82, 2.24) is 0 Å². The first-order valence-corrected chi connectivity index (χ1v) is 5.26. The molecule has 0 saturated heterocycles. The number of para-hydroxylation sites is 1. The van der Waals surface area contributed by atoms with Crippen molar-refractivity contribution in [3.8, 4) is 0 Å². The van der Waals surface area contributed by atoms with Crippen molar-refractivity contribution < 1.29 is 14.8 Å². The summed E-state index contributed by atoms with van der Waals surface area (Å²) in [6, 6.07) is 6.27. The number of carbonyl (C=O) groups excluding carboxylic acids is 1. The molecule has 15 heavy (non-hydrogen) atoms. The molecule has 0 N–H and O–H groups in total. The average molecular weight is 226 g/mol. The van der Waals surface area contributed by atoms with Crippen molar-refractivity contribution >= 4 is 23.4 Å². The minimum absolute atomic E-state index is 0.0170. The van der Waals surface area contributed by atoms with Crippen LogP contribution in [-0.4, -0.2) is 16.6 Å². The lowest BCUT2D eigenvalue weighted by atomic mass is 10.2. The fourth-order valence-corrected chi connectivity index (χ4v) is 1.79. The Bertz CT molecular complexity index is 380. The third-order valence-corrected chi connectivity index (χ3v) is 2.62. The van der Waals surface area contributed by atoms with E-state index >= 15 is 0 Å².